The summed E-state index contributed by atoms with van der Waals surface area (Å²) in [5.74, 6) is 0.974. The fourth-order valence-corrected chi connectivity index (χ4v) is 8.18. The number of ether oxygens (including phenoxy) is 2. The van der Waals surface area contributed by atoms with Crippen molar-refractivity contribution in [1.29, 1.82) is 0 Å². The normalized spacial score (nSPS) is 26.6. The van der Waals surface area contributed by atoms with E-state index < -0.39 is 22.2 Å². The van der Waals surface area contributed by atoms with Gasteiger partial charge in [-0.1, -0.05) is 77.4 Å². The van der Waals surface area contributed by atoms with Gasteiger partial charge in [0.15, 0.2) is 16.6 Å². The molecule has 5 nitrogen and oxygen atoms in total. The number of aliphatic hydroxyl groups is 1. The number of benzene rings is 2. The number of halogens is 1. The fraction of sp³-hybridized carbons (Fsp3) is 0.647. The van der Waals surface area contributed by atoms with Crippen molar-refractivity contribution in [2.75, 3.05) is 13.2 Å². The van der Waals surface area contributed by atoms with Crippen LogP contribution in [-0.2, 0) is 20.0 Å². The predicted octanol–water partition coefficient (Wildman–Crippen LogP) is 8.93. The fourth-order valence-electron chi connectivity index (χ4n) is 5.37. The molecule has 4 rings (SSSR count). The van der Waals surface area contributed by atoms with Crippen molar-refractivity contribution in [2.45, 2.75) is 121 Å². The first-order valence-electron chi connectivity index (χ1n) is 15.5. The first-order chi connectivity index (χ1) is 19.3. The molecule has 234 valence electrons. The number of aliphatic hydroxyl groups excluding tert-OH is 1. The van der Waals surface area contributed by atoms with Gasteiger partial charge in [-0.05, 0) is 90.9 Å². The van der Waals surface area contributed by atoms with Crippen molar-refractivity contribution in [3.8, 4) is 5.75 Å². The minimum absolute atomic E-state index is 0.0208. The maximum Gasteiger partial charge on any atom is 0.192 e. The molecule has 0 unspecified atom stereocenters. The molecule has 2 aromatic rings. The van der Waals surface area contributed by atoms with Gasteiger partial charge in [0, 0.05) is 10.9 Å². The van der Waals surface area contributed by atoms with Crippen LogP contribution in [0.15, 0.2) is 42.5 Å². The highest BCUT2D eigenvalue weighted by molar-refractivity contribution is 6.74. The number of fused-ring (bicyclic) bond motifs is 1. The third-order valence-electron chi connectivity index (χ3n) is 10.2. The quantitative estimate of drug-likeness (QED) is 0.265. The van der Waals surface area contributed by atoms with E-state index in [1.807, 2.05) is 25.1 Å². The zero-order valence-electron chi connectivity index (χ0n) is 27.6. The first-order valence-corrected chi connectivity index (χ1v) is 21.7. The monoisotopic (exact) mass is 632 g/mol. The molecular weight excluding hydrogens is 580 g/mol. The van der Waals surface area contributed by atoms with E-state index in [1.54, 1.807) is 0 Å². The molecule has 1 saturated carbocycles. The van der Waals surface area contributed by atoms with Crippen LogP contribution in [-0.4, -0.2) is 52.8 Å². The van der Waals surface area contributed by atoms with Gasteiger partial charge in [-0.15, -0.1) is 0 Å². The molecule has 2 fully saturated rings. The average molecular weight is 633 g/mol. The van der Waals surface area contributed by atoms with Crippen molar-refractivity contribution in [2.24, 2.45) is 5.92 Å². The molecular formula is C34H53ClO5Si2. The molecule has 0 spiro atoms. The van der Waals surface area contributed by atoms with Crippen molar-refractivity contribution >= 4 is 28.2 Å². The molecule has 0 radical (unpaired) electrons. The van der Waals surface area contributed by atoms with Gasteiger partial charge in [-0.3, -0.25) is 0 Å². The number of hydrogen-bond acceptors (Lipinski definition) is 5. The summed E-state index contributed by atoms with van der Waals surface area (Å²) in [6.45, 7) is 25.5. The second kappa shape index (κ2) is 12.0. The van der Waals surface area contributed by atoms with E-state index in [4.69, 9.17) is 29.9 Å². The lowest BCUT2D eigenvalue weighted by atomic mass is 9.91. The molecule has 1 heterocycles. The third-order valence-corrected chi connectivity index (χ3v) is 19.5. The molecule has 42 heavy (non-hydrogen) atoms. The van der Waals surface area contributed by atoms with Crippen molar-refractivity contribution in [1.82, 2.24) is 0 Å². The van der Waals surface area contributed by atoms with E-state index in [0.717, 1.165) is 33.9 Å². The van der Waals surface area contributed by atoms with Gasteiger partial charge < -0.3 is 23.4 Å². The minimum Gasteiger partial charge on any atom is -0.494 e. The highest BCUT2D eigenvalue weighted by atomic mass is 35.5. The molecule has 1 N–H and O–H groups in total. The Hall–Kier alpha value is -1.20. The van der Waals surface area contributed by atoms with Crippen molar-refractivity contribution in [3.05, 3.63) is 64.2 Å². The van der Waals surface area contributed by atoms with Crippen LogP contribution in [0.3, 0.4) is 0 Å². The number of rotatable bonds is 10. The highest BCUT2D eigenvalue weighted by Gasteiger charge is 2.68. The molecule has 0 aromatic heterocycles. The van der Waals surface area contributed by atoms with Crippen LogP contribution >= 0.6 is 11.6 Å². The first kappa shape index (κ1) is 33.7. The maximum atomic E-state index is 10.6. The standard InChI is InChI=1S/C34H53ClO5Si2/c1-12-37-26-16-13-23(14-17-26)19-25-20-24(15-18-28(25)35)29-31(40-42(10,11)33(5,6)7)30(27-21-34(27,22-36)38-29)39-41(8,9)32(2,3)4/h13-18,20,27,29-31,36H,12,19,21-22H2,1-11H3/t27-,29-,30-,31-,34+/m0/s1. The molecule has 1 aliphatic heterocycles. The van der Waals surface area contributed by atoms with E-state index in [2.05, 4.69) is 92.0 Å². The molecule has 5 atom stereocenters. The highest BCUT2D eigenvalue weighted by Crippen LogP contribution is 2.60. The Bertz CT molecular complexity index is 1230. The van der Waals surface area contributed by atoms with Gasteiger partial charge in [-0.25, -0.2) is 0 Å². The third kappa shape index (κ3) is 6.88. The molecule has 8 heteroatoms. The van der Waals surface area contributed by atoms with E-state index in [9.17, 15) is 5.11 Å². The molecule has 0 amide bonds. The van der Waals surface area contributed by atoms with E-state index >= 15 is 0 Å². The Morgan fingerprint density at radius 1 is 0.905 bits per heavy atom. The van der Waals surface area contributed by atoms with Crippen molar-refractivity contribution < 1.29 is 23.4 Å². The second-order valence-corrected chi connectivity index (χ2v) is 25.3. The van der Waals surface area contributed by atoms with Crippen LogP contribution in [0.1, 0.15) is 77.7 Å². The summed E-state index contributed by atoms with van der Waals surface area (Å²) >= 11 is 6.78. The smallest absolute Gasteiger partial charge is 0.192 e. The summed E-state index contributed by atoms with van der Waals surface area (Å²) in [4.78, 5) is 0. The van der Waals surface area contributed by atoms with Gasteiger partial charge in [-0.2, -0.15) is 0 Å². The summed E-state index contributed by atoms with van der Waals surface area (Å²) in [6.07, 6.45) is 0.652. The summed E-state index contributed by atoms with van der Waals surface area (Å²) in [6, 6.07) is 14.4. The second-order valence-electron chi connectivity index (χ2n) is 15.4. The molecule has 1 aliphatic carbocycles. The van der Waals surface area contributed by atoms with E-state index in [-0.39, 0.29) is 40.9 Å². The topological polar surface area (TPSA) is 57.2 Å². The van der Waals surface area contributed by atoms with Crippen LogP contribution in [0.5, 0.6) is 5.75 Å². The Kier molecular flexibility index (Phi) is 9.59. The largest absolute Gasteiger partial charge is 0.494 e. The summed E-state index contributed by atoms with van der Waals surface area (Å²) in [7, 11) is -4.38. The number of hydrogen-bond donors (Lipinski definition) is 1. The Morgan fingerprint density at radius 2 is 1.48 bits per heavy atom. The molecule has 1 saturated heterocycles. The molecule has 2 aromatic carbocycles. The summed E-state index contributed by atoms with van der Waals surface area (Å²) in [5.41, 5.74) is 2.61. The Morgan fingerprint density at radius 3 is 2.00 bits per heavy atom. The lowest BCUT2D eigenvalue weighted by Crippen LogP contribution is -2.58. The Balaban J connectivity index is 1.75. The van der Waals surface area contributed by atoms with Crippen LogP contribution in [0.2, 0.25) is 41.3 Å². The summed E-state index contributed by atoms with van der Waals surface area (Å²) < 4.78 is 27.0. The lowest BCUT2D eigenvalue weighted by Gasteiger charge is -2.50. The van der Waals surface area contributed by atoms with Gasteiger partial charge >= 0.3 is 0 Å². The van der Waals surface area contributed by atoms with Gasteiger partial charge in [0.05, 0.1) is 24.9 Å². The predicted molar refractivity (Wildman–Crippen MR) is 178 cm³/mol. The minimum atomic E-state index is -2.22. The lowest BCUT2D eigenvalue weighted by molar-refractivity contribution is -0.178. The van der Waals surface area contributed by atoms with E-state index in [1.165, 1.54) is 0 Å². The molecule has 0 bridgehead atoms. The zero-order chi connectivity index (χ0) is 31.3. The van der Waals surface area contributed by atoms with Crippen LogP contribution in [0, 0.1) is 5.92 Å². The average Bonchev–Trinajstić information content (AvgIpc) is 3.61. The summed E-state index contributed by atoms with van der Waals surface area (Å²) in [5, 5.41) is 11.4. The zero-order valence-corrected chi connectivity index (χ0v) is 30.4. The van der Waals surface area contributed by atoms with Crippen LogP contribution in [0.25, 0.3) is 0 Å². The van der Waals surface area contributed by atoms with Gasteiger partial charge in [0.2, 0.25) is 0 Å². The SMILES string of the molecule is CCOc1ccc(Cc2cc([C@@H]3O[C@@]4(CO)C[C@H]4[C@H](O[Si](C)(C)C(C)(C)C)[C@H]3O[Si](C)(C)C(C)(C)C)ccc2Cl)cc1. The van der Waals surface area contributed by atoms with Gasteiger partial charge in [0.1, 0.15) is 18.0 Å². The van der Waals surface area contributed by atoms with Crippen LogP contribution in [0.4, 0.5) is 0 Å². The Labute approximate surface area is 261 Å². The van der Waals surface area contributed by atoms with E-state index in [0.29, 0.717) is 13.0 Å². The van der Waals surface area contributed by atoms with Crippen molar-refractivity contribution in [3.63, 3.8) is 0 Å². The maximum absolute atomic E-state index is 10.6. The van der Waals surface area contributed by atoms with Gasteiger partial charge in [0.25, 0.3) is 0 Å². The van der Waals surface area contributed by atoms with Crippen LogP contribution < -0.4 is 4.74 Å². The molecule has 2 aliphatic rings.